The summed E-state index contributed by atoms with van der Waals surface area (Å²) in [5, 5.41) is 0.184. The maximum absolute atomic E-state index is 10.9. The average Bonchev–Trinajstić information content (AvgIpc) is 2.62. The zero-order valence-corrected chi connectivity index (χ0v) is 10.8. The minimum absolute atomic E-state index is 0. The Morgan fingerprint density at radius 2 is 2.19 bits per heavy atom. The van der Waals surface area contributed by atoms with Crippen molar-refractivity contribution in [3.8, 4) is 10.6 Å². The molecule has 2 rings (SSSR count). The average molecular weight is 296 g/mol. The zero-order valence-electron chi connectivity index (χ0n) is 7.68. The second-order valence-electron chi connectivity index (χ2n) is 2.65. The van der Waals surface area contributed by atoms with Crippen LogP contribution in [0.3, 0.4) is 0 Å². The summed E-state index contributed by atoms with van der Waals surface area (Å²) in [6.07, 6.45) is 3.31. The van der Waals surface area contributed by atoms with Gasteiger partial charge in [0.15, 0.2) is 5.15 Å². The topological polar surface area (TPSA) is 42.9 Å². The number of nitrogens with zero attached hydrogens (tertiary/aromatic N) is 2. The molecule has 2 aromatic heterocycles. The zero-order chi connectivity index (χ0) is 10.8. The van der Waals surface area contributed by atoms with Crippen molar-refractivity contribution in [3.63, 3.8) is 0 Å². The molecule has 0 aliphatic heterocycles. The highest BCUT2D eigenvalue weighted by Gasteiger charge is 2.15. The van der Waals surface area contributed by atoms with Crippen molar-refractivity contribution < 1.29 is 4.79 Å². The maximum atomic E-state index is 10.9. The van der Waals surface area contributed by atoms with E-state index in [-0.39, 0.29) is 22.4 Å². The molecule has 7 heteroatoms. The summed E-state index contributed by atoms with van der Waals surface area (Å²) in [4.78, 5) is 19.2. The molecule has 0 bridgehead atoms. The second-order valence-corrected chi connectivity index (χ2v) is 4.35. The number of aromatic nitrogens is 2. The fourth-order valence-corrected chi connectivity index (χ4v) is 2.40. The summed E-state index contributed by atoms with van der Waals surface area (Å²) in [7, 11) is 0. The number of hydrogen-bond acceptors (Lipinski definition) is 4. The van der Waals surface area contributed by atoms with Crippen LogP contribution in [0.25, 0.3) is 10.6 Å². The van der Waals surface area contributed by atoms with E-state index in [0.717, 1.165) is 16.9 Å². The van der Waals surface area contributed by atoms with Crippen LogP contribution in [0.5, 0.6) is 0 Å². The fraction of sp³-hybridized carbons (Fsp3) is 0. The Kier molecular flexibility index (Phi) is 4.68. The van der Waals surface area contributed by atoms with E-state index in [0.29, 0.717) is 5.01 Å². The Bertz CT molecular complexity index is 501. The number of pyridine rings is 1. The predicted molar refractivity (Wildman–Crippen MR) is 67.8 cm³/mol. The fourth-order valence-electron chi connectivity index (χ4n) is 1.04. The third-order valence-electron chi connectivity index (χ3n) is 1.67. The van der Waals surface area contributed by atoms with Crippen LogP contribution >= 0.6 is 46.9 Å². The lowest BCUT2D eigenvalue weighted by Crippen LogP contribution is -1.82. The molecule has 0 aliphatic rings. The van der Waals surface area contributed by atoms with Gasteiger partial charge >= 0.3 is 0 Å². The van der Waals surface area contributed by atoms with E-state index >= 15 is 0 Å². The molecule has 0 aromatic carbocycles. The van der Waals surface area contributed by atoms with E-state index < -0.39 is 5.24 Å². The molecule has 0 spiro atoms. The van der Waals surface area contributed by atoms with Gasteiger partial charge in [-0.05, 0) is 23.7 Å². The van der Waals surface area contributed by atoms with Crippen LogP contribution in [0.4, 0.5) is 0 Å². The Labute approximate surface area is 112 Å². The van der Waals surface area contributed by atoms with Gasteiger partial charge in [0.05, 0.1) is 0 Å². The first kappa shape index (κ1) is 13.4. The molecule has 0 radical (unpaired) electrons. The number of rotatable bonds is 2. The van der Waals surface area contributed by atoms with E-state index in [1.54, 1.807) is 18.5 Å². The van der Waals surface area contributed by atoms with E-state index in [4.69, 9.17) is 23.2 Å². The number of carbonyl (C=O) groups excluding carboxylic acids is 1. The number of carbonyl (C=O) groups is 1. The molecule has 0 saturated carbocycles. The quantitative estimate of drug-likeness (QED) is 0.794. The second kappa shape index (κ2) is 5.59. The van der Waals surface area contributed by atoms with Crippen molar-refractivity contribution in [1.82, 2.24) is 9.97 Å². The standard InChI is InChI=1S/C9H4Cl2N2OS.ClH/c10-7-6(8(11)14)15-9(13-7)5-2-1-3-12-4-5;/h1-4H;1H. The summed E-state index contributed by atoms with van der Waals surface area (Å²) < 4.78 is 0. The highest BCUT2D eigenvalue weighted by molar-refractivity contribution is 7.19. The van der Waals surface area contributed by atoms with Crippen molar-refractivity contribution in [2.45, 2.75) is 0 Å². The highest BCUT2D eigenvalue weighted by atomic mass is 35.5. The molecule has 84 valence electrons. The van der Waals surface area contributed by atoms with Gasteiger partial charge < -0.3 is 0 Å². The first-order valence-electron chi connectivity index (χ1n) is 3.95. The van der Waals surface area contributed by atoms with Crippen LogP contribution < -0.4 is 0 Å². The lowest BCUT2D eigenvalue weighted by atomic mass is 10.3. The van der Waals surface area contributed by atoms with Gasteiger partial charge in [-0.25, -0.2) is 4.98 Å². The lowest BCUT2D eigenvalue weighted by molar-refractivity contribution is 0.108. The molecule has 16 heavy (non-hydrogen) atoms. The minimum atomic E-state index is -0.590. The lowest BCUT2D eigenvalue weighted by Gasteiger charge is -1.91. The summed E-state index contributed by atoms with van der Waals surface area (Å²) in [5.74, 6) is 0. The van der Waals surface area contributed by atoms with Crippen molar-refractivity contribution >= 4 is 52.2 Å². The third-order valence-corrected chi connectivity index (χ3v) is 3.46. The molecule has 0 unspecified atom stereocenters. The highest BCUT2D eigenvalue weighted by Crippen LogP contribution is 2.31. The summed E-state index contributed by atoms with van der Waals surface area (Å²) in [6, 6.07) is 3.62. The van der Waals surface area contributed by atoms with Crippen LogP contribution in [0.1, 0.15) is 9.67 Å². The molecule has 0 aliphatic carbocycles. The Balaban J connectivity index is 0.00000128. The van der Waals surface area contributed by atoms with Gasteiger partial charge in [0.2, 0.25) is 0 Å². The Morgan fingerprint density at radius 1 is 1.44 bits per heavy atom. The van der Waals surface area contributed by atoms with Gasteiger partial charge in [-0.2, -0.15) is 0 Å². The van der Waals surface area contributed by atoms with Gasteiger partial charge in [0.25, 0.3) is 5.24 Å². The van der Waals surface area contributed by atoms with Gasteiger partial charge in [-0.3, -0.25) is 9.78 Å². The molecule has 2 aromatic rings. The molecule has 0 N–H and O–H groups in total. The number of halogens is 3. The molecule has 0 saturated heterocycles. The van der Waals surface area contributed by atoms with Crippen LogP contribution in [0.2, 0.25) is 5.15 Å². The summed E-state index contributed by atoms with van der Waals surface area (Å²) in [6.45, 7) is 0. The van der Waals surface area contributed by atoms with E-state index in [1.165, 1.54) is 0 Å². The van der Waals surface area contributed by atoms with Crippen LogP contribution in [0, 0.1) is 0 Å². The van der Waals surface area contributed by atoms with Gasteiger partial charge in [-0.15, -0.1) is 23.7 Å². The van der Waals surface area contributed by atoms with E-state index in [9.17, 15) is 4.79 Å². The number of hydrogen-bond donors (Lipinski definition) is 0. The monoisotopic (exact) mass is 294 g/mol. The SMILES string of the molecule is Cl.O=C(Cl)c1sc(-c2cccnc2)nc1Cl. The largest absolute Gasteiger partial charge is 0.275 e. The van der Waals surface area contributed by atoms with Crippen LogP contribution in [0.15, 0.2) is 24.5 Å². The van der Waals surface area contributed by atoms with Crippen LogP contribution in [-0.2, 0) is 0 Å². The molecule has 0 amide bonds. The maximum Gasteiger partial charge on any atom is 0.265 e. The normalized spacial score (nSPS) is 9.62. The summed E-state index contributed by atoms with van der Waals surface area (Å²) in [5.41, 5.74) is 0.813. The van der Waals surface area contributed by atoms with Crippen molar-refractivity contribution in [2.75, 3.05) is 0 Å². The smallest absolute Gasteiger partial charge is 0.265 e. The molecule has 2 heterocycles. The predicted octanol–water partition coefficient (Wildman–Crippen LogP) is 3.66. The summed E-state index contributed by atoms with van der Waals surface area (Å²) >= 11 is 12.3. The van der Waals surface area contributed by atoms with Crippen molar-refractivity contribution in [3.05, 3.63) is 34.6 Å². The van der Waals surface area contributed by atoms with Gasteiger partial charge in [0, 0.05) is 18.0 Å². The third kappa shape index (κ3) is 2.71. The van der Waals surface area contributed by atoms with Crippen molar-refractivity contribution in [2.24, 2.45) is 0 Å². The van der Waals surface area contributed by atoms with Crippen molar-refractivity contribution in [1.29, 1.82) is 0 Å². The molecule has 0 fully saturated rings. The molecule has 0 atom stereocenters. The van der Waals surface area contributed by atoms with Crippen LogP contribution in [-0.4, -0.2) is 15.2 Å². The first-order chi connectivity index (χ1) is 7.18. The molecular formula is C9H5Cl3N2OS. The van der Waals surface area contributed by atoms with E-state index in [2.05, 4.69) is 9.97 Å². The molecule has 3 nitrogen and oxygen atoms in total. The Morgan fingerprint density at radius 3 is 2.69 bits per heavy atom. The first-order valence-corrected chi connectivity index (χ1v) is 5.52. The van der Waals surface area contributed by atoms with Gasteiger partial charge in [-0.1, -0.05) is 11.6 Å². The van der Waals surface area contributed by atoms with Gasteiger partial charge in [0.1, 0.15) is 9.88 Å². The molecular weight excluding hydrogens is 291 g/mol. The minimum Gasteiger partial charge on any atom is -0.275 e. The van der Waals surface area contributed by atoms with E-state index in [1.807, 2.05) is 6.07 Å². The Hall–Kier alpha value is -0.680. The number of thiazole rings is 1.